The summed E-state index contributed by atoms with van der Waals surface area (Å²) < 4.78 is 13.2. The monoisotopic (exact) mass is 543 g/mol. The molecule has 0 saturated carbocycles. The molecule has 2 rings (SSSR count). The minimum Gasteiger partial charge on any atom is -0.491 e. The number of hydrogen-bond acceptors (Lipinski definition) is 4. The van der Waals surface area contributed by atoms with Crippen LogP contribution in [0.4, 0.5) is 5.69 Å². The van der Waals surface area contributed by atoms with Crippen LogP contribution in [0.3, 0.4) is 0 Å². The van der Waals surface area contributed by atoms with Crippen molar-refractivity contribution in [2.45, 2.75) is 46.6 Å². The zero-order chi connectivity index (χ0) is 21.8. The van der Waals surface area contributed by atoms with Crippen molar-refractivity contribution < 1.29 is 9.47 Å². The topological polar surface area (TPSA) is 72.7 Å². The summed E-state index contributed by atoms with van der Waals surface area (Å²) in [7, 11) is 1.93. The largest absolute Gasteiger partial charge is 0.491 e. The lowest BCUT2D eigenvalue weighted by Crippen LogP contribution is -2.32. The van der Waals surface area contributed by atoms with Gasteiger partial charge in [0.1, 0.15) is 5.75 Å². The Hall–Kier alpha value is -1.81. The Morgan fingerprint density at radius 3 is 2.52 bits per heavy atom. The average Bonchev–Trinajstić information content (AvgIpc) is 3.10. The Kier molecular flexibility index (Phi) is 13.2. The number of ether oxygens (including phenoxy) is 2. The van der Waals surface area contributed by atoms with Crippen LogP contribution in [-0.4, -0.2) is 48.1 Å². The third-order valence-electron chi connectivity index (χ3n) is 4.12. The van der Waals surface area contributed by atoms with Crippen LogP contribution in [0.5, 0.6) is 5.75 Å². The minimum absolute atomic E-state index is 0. The molecule has 0 saturated heterocycles. The standard InChI is InChI=1S/C23H37N5O2.HI/c1-18(2)17-29-14-6-12-24-23(25-13-11-20-15-26-28(5)16-20)27-21-7-9-22(10-8-21)30-19(3)4;/h7-10,15-16,18-19H,6,11-14,17H2,1-5H3,(H2,24,25,27);1H. The Bertz CT molecular complexity index is 760. The molecule has 0 bridgehead atoms. The van der Waals surface area contributed by atoms with Crippen molar-refractivity contribution in [3.63, 3.8) is 0 Å². The van der Waals surface area contributed by atoms with Crippen molar-refractivity contribution in [3.05, 3.63) is 42.2 Å². The second-order valence-electron chi connectivity index (χ2n) is 8.07. The number of guanidine groups is 1. The van der Waals surface area contributed by atoms with Gasteiger partial charge in [-0.05, 0) is 62.4 Å². The lowest BCUT2D eigenvalue weighted by Gasteiger charge is -2.14. The van der Waals surface area contributed by atoms with Gasteiger partial charge in [0.25, 0.3) is 0 Å². The van der Waals surface area contributed by atoms with E-state index in [9.17, 15) is 0 Å². The van der Waals surface area contributed by atoms with E-state index in [1.807, 2.05) is 62.2 Å². The summed E-state index contributed by atoms with van der Waals surface area (Å²) in [6.07, 6.45) is 5.86. The van der Waals surface area contributed by atoms with Gasteiger partial charge in [0.2, 0.25) is 0 Å². The van der Waals surface area contributed by atoms with Gasteiger partial charge in [-0.2, -0.15) is 5.10 Å². The van der Waals surface area contributed by atoms with E-state index < -0.39 is 0 Å². The van der Waals surface area contributed by atoms with Crippen LogP contribution < -0.4 is 15.4 Å². The molecule has 1 aromatic heterocycles. The van der Waals surface area contributed by atoms with Crippen LogP contribution in [0.2, 0.25) is 0 Å². The molecule has 0 aliphatic rings. The average molecular weight is 543 g/mol. The van der Waals surface area contributed by atoms with Gasteiger partial charge in [-0.1, -0.05) is 13.8 Å². The highest BCUT2D eigenvalue weighted by Gasteiger charge is 2.03. The van der Waals surface area contributed by atoms with Crippen LogP contribution in [0, 0.1) is 5.92 Å². The molecule has 174 valence electrons. The Labute approximate surface area is 204 Å². The molecular formula is C23H38IN5O2. The fourth-order valence-electron chi connectivity index (χ4n) is 2.77. The van der Waals surface area contributed by atoms with Crippen molar-refractivity contribution in [1.29, 1.82) is 0 Å². The SMILES string of the molecule is CC(C)COCCCN=C(NCCc1cnn(C)c1)Nc1ccc(OC(C)C)cc1.I. The highest BCUT2D eigenvalue weighted by atomic mass is 127. The van der Waals surface area contributed by atoms with E-state index in [2.05, 4.69) is 29.6 Å². The summed E-state index contributed by atoms with van der Waals surface area (Å²) >= 11 is 0. The molecule has 2 N–H and O–H groups in total. The number of aliphatic imine (C=N–C) groups is 1. The van der Waals surface area contributed by atoms with E-state index in [1.165, 1.54) is 5.56 Å². The maximum atomic E-state index is 5.71. The van der Waals surface area contributed by atoms with Crippen molar-refractivity contribution in [3.8, 4) is 5.75 Å². The van der Waals surface area contributed by atoms with E-state index in [0.29, 0.717) is 12.5 Å². The lowest BCUT2D eigenvalue weighted by molar-refractivity contribution is 0.109. The number of nitrogens with zero attached hydrogens (tertiary/aromatic N) is 3. The van der Waals surface area contributed by atoms with Crippen molar-refractivity contribution in [2.24, 2.45) is 18.0 Å². The van der Waals surface area contributed by atoms with E-state index >= 15 is 0 Å². The Balaban J connectivity index is 0.00000480. The van der Waals surface area contributed by atoms with Crippen molar-refractivity contribution in [1.82, 2.24) is 15.1 Å². The quantitative estimate of drug-likeness (QED) is 0.179. The molecule has 1 heterocycles. The number of anilines is 1. The fourth-order valence-corrected chi connectivity index (χ4v) is 2.77. The van der Waals surface area contributed by atoms with Crippen LogP contribution in [0.15, 0.2) is 41.7 Å². The molecule has 0 aliphatic heterocycles. The van der Waals surface area contributed by atoms with Gasteiger partial charge >= 0.3 is 0 Å². The minimum atomic E-state index is 0. The smallest absolute Gasteiger partial charge is 0.195 e. The van der Waals surface area contributed by atoms with Crippen LogP contribution in [0.1, 0.15) is 39.7 Å². The molecule has 0 amide bonds. The Morgan fingerprint density at radius 2 is 1.90 bits per heavy atom. The summed E-state index contributed by atoms with van der Waals surface area (Å²) in [6, 6.07) is 7.94. The normalized spacial score (nSPS) is 11.5. The summed E-state index contributed by atoms with van der Waals surface area (Å²) in [5.74, 6) is 2.18. The molecule has 2 aromatic rings. The molecule has 0 aliphatic carbocycles. The molecule has 0 unspecified atom stereocenters. The van der Waals surface area contributed by atoms with Gasteiger partial charge < -0.3 is 20.1 Å². The summed E-state index contributed by atoms with van der Waals surface area (Å²) in [4.78, 5) is 4.71. The molecular weight excluding hydrogens is 505 g/mol. The highest BCUT2D eigenvalue weighted by Crippen LogP contribution is 2.16. The number of hydrogen-bond donors (Lipinski definition) is 2. The first-order valence-corrected chi connectivity index (χ1v) is 10.8. The predicted molar refractivity (Wildman–Crippen MR) is 139 cm³/mol. The first-order chi connectivity index (χ1) is 14.4. The van der Waals surface area contributed by atoms with Crippen molar-refractivity contribution >= 4 is 35.6 Å². The number of benzene rings is 1. The number of halogens is 1. The van der Waals surface area contributed by atoms with Gasteiger partial charge in [0, 0.05) is 45.2 Å². The van der Waals surface area contributed by atoms with Crippen LogP contribution in [-0.2, 0) is 18.2 Å². The second kappa shape index (κ2) is 15.1. The number of nitrogens with one attached hydrogen (secondary N) is 2. The summed E-state index contributed by atoms with van der Waals surface area (Å²) in [6.45, 7) is 11.4. The van der Waals surface area contributed by atoms with Crippen molar-refractivity contribution in [2.75, 3.05) is 31.6 Å². The molecule has 8 heteroatoms. The highest BCUT2D eigenvalue weighted by molar-refractivity contribution is 14.0. The third kappa shape index (κ3) is 12.0. The lowest BCUT2D eigenvalue weighted by atomic mass is 10.2. The molecule has 31 heavy (non-hydrogen) atoms. The molecule has 1 aromatic carbocycles. The first kappa shape index (κ1) is 27.2. The maximum Gasteiger partial charge on any atom is 0.195 e. The number of aryl methyl sites for hydroxylation is 1. The molecule has 0 atom stereocenters. The maximum absolute atomic E-state index is 5.71. The van der Waals surface area contributed by atoms with Gasteiger partial charge in [-0.25, -0.2) is 0 Å². The summed E-state index contributed by atoms with van der Waals surface area (Å²) in [5, 5.41) is 11.0. The van der Waals surface area contributed by atoms with Gasteiger partial charge in [0.05, 0.1) is 12.3 Å². The Morgan fingerprint density at radius 1 is 1.16 bits per heavy atom. The van der Waals surface area contributed by atoms with Crippen LogP contribution >= 0.6 is 24.0 Å². The van der Waals surface area contributed by atoms with Gasteiger partial charge in [-0.15, -0.1) is 24.0 Å². The molecule has 7 nitrogen and oxygen atoms in total. The van der Waals surface area contributed by atoms with E-state index in [1.54, 1.807) is 0 Å². The molecule has 0 fully saturated rings. The number of rotatable bonds is 12. The molecule has 0 radical (unpaired) electrons. The van der Waals surface area contributed by atoms with E-state index in [0.717, 1.165) is 50.0 Å². The summed E-state index contributed by atoms with van der Waals surface area (Å²) in [5.41, 5.74) is 2.16. The van der Waals surface area contributed by atoms with E-state index in [4.69, 9.17) is 14.5 Å². The third-order valence-corrected chi connectivity index (χ3v) is 4.12. The fraction of sp³-hybridized carbons (Fsp3) is 0.565. The van der Waals surface area contributed by atoms with Gasteiger partial charge in [0.15, 0.2) is 5.96 Å². The predicted octanol–water partition coefficient (Wildman–Crippen LogP) is 4.49. The van der Waals surface area contributed by atoms with Gasteiger partial charge in [-0.3, -0.25) is 9.67 Å². The van der Waals surface area contributed by atoms with E-state index in [-0.39, 0.29) is 30.1 Å². The zero-order valence-corrected chi connectivity index (χ0v) is 21.8. The number of aromatic nitrogens is 2. The first-order valence-electron chi connectivity index (χ1n) is 10.8. The molecule has 0 spiro atoms. The zero-order valence-electron chi connectivity index (χ0n) is 19.4. The van der Waals surface area contributed by atoms with Crippen LogP contribution in [0.25, 0.3) is 0 Å². The second-order valence-corrected chi connectivity index (χ2v) is 8.07.